The van der Waals surface area contributed by atoms with Crippen molar-refractivity contribution in [2.75, 3.05) is 11.9 Å². The second-order valence-electron chi connectivity index (χ2n) is 8.06. The molecule has 1 amide bonds. The number of carbonyl (C=O) groups is 1. The van der Waals surface area contributed by atoms with Crippen LogP contribution in [0.1, 0.15) is 32.8 Å². The molecular weight excluding hydrogens is 402 g/mol. The highest BCUT2D eigenvalue weighted by Crippen LogP contribution is 2.28. The third-order valence-electron chi connectivity index (χ3n) is 4.75. The number of nitrogens with one attached hydrogen (secondary N) is 2. The molecule has 0 spiro atoms. The van der Waals surface area contributed by atoms with Gasteiger partial charge in [0, 0.05) is 17.5 Å². The predicted molar refractivity (Wildman–Crippen MR) is 116 cm³/mol. The molecule has 0 radical (unpaired) electrons. The number of aromatic nitrogens is 2. The molecule has 0 aliphatic carbocycles. The molecule has 9 heteroatoms. The van der Waals surface area contributed by atoms with Crippen LogP contribution >= 0.6 is 0 Å². The highest BCUT2D eigenvalue weighted by molar-refractivity contribution is 7.90. The number of amidine groups is 1. The summed E-state index contributed by atoms with van der Waals surface area (Å²) in [6, 6.07) is 14.4. The maximum absolute atomic E-state index is 12.5. The second kappa shape index (κ2) is 7.24. The van der Waals surface area contributed by atoms with Gasteiger partial charge in [0.2, 0.25) is 11.9 Å². The van der Waals surface area contributed by atoms with Crippen molar-refractivity contribution in [1.29, 1.82) is 0 Å². The molecule has 1 aromatic heterocycles. The average Bonchev–Trinajstić information content (AvgIpc) is 3.16. The second-order valence-corrected chi connectivity index (χ2v) is 9.71. The predicted octanol–water partition coefficient (Wildman–Crippen LogP) is 2.86. The van der Waals surface area contributed by atoms with Crippen LogP contribution in [0.25, 0.3) is 11.0 Å². The number of aliphatic imine (C=N–C) groups is 1. The first-order valence-corrected chi connectivity index (χ1v) is 11.1. The SMILES string of the molecule is CC(C)(C)n1c(NC(=O)CCN=C2NS(=O)(=O)c3ccccc32)nc2ccccc21. The van der Waals surface area contributed by atoms with Gasteiger partial charge in [-0.05, 0) is 45.0 Å². The van der Waals surface area contributed by atoms with Gasteiger partial charge >= 0.3 is 0 Å². The van der Waals surface area contributed by atoms with Gasteiger partial charge in [-0.1, -0.05) is 24.3 Å². The first-order chi connectivity index (χ1) is 14.2. The molecule has 1 aliphatic rings. The standard InChI is InChI=1S/C21H23N5O3S/c1-21(2,3)26-16-10-6-5-9-15(16)23-20(26)24-18(27)12-13-22-19-14-8-4-7-11-17(14)30(28,29)25-19/h4-11H,12-13H2,1-3H3,(H,22,25)(H,23,24,27). The van der Waals surface area contributed by atoms with Crippen molar-refractivity contribution in [2.24, 2.45) is 4.99 Å². The molecule has 8 nitrogen and oxygen atoms in total. The van der Waals surface area contributed by atoms with Gasteiger partial charge in [0.25, 0.3) is 10.0 Å². The molecule has 0 saturated carbocycles. The number of carbonyl (C=O) groups excluding carboxylic acids is 1. The Hall–Kier alpha value is -3.20. The zero-order valence-corrected chi connectivity index (χ0v) is 17.8. The Morgan fingerprint density at radius 2 is 1.83 bits per heavy atom. The van der Waals surface area contributed by atoms with E-state index in [-0.39, 0.29) is 35.1 Å². The molecule has 0 bridgehead atoms. The van der Waals surface area contributed by atoms with Gasteiger partial charge in [-0.25, -0.2) is 13.4 Å². The van der Waals surface area contributed by atoms with Gasteiger partial charge in [0.1, 0.15) is 5.84 Å². The van der Waals surface area contributed by atoms with Crippen LogP contribution in [0.15, 0.2) is 58.4 Å². The topological polar surface area (TPSA) is 105 Å². The Balaban J connectivity index is 1.50. The quantitative estimate of drug-likeness (QED) is 0.670. The molecule has 4 rings (SSSR count). The van der Waals surface area contributed by atoms with Crippen molar-refractivity contribution in [2.45, 2.75) is 37.6 Å². The minimum absolute atomic E-state index is 0.0980. The third-order valence-corrected chi connectivity index (χ3v) is 6.15. The zero-order chi connectivity index (χ0) is 21.5. The van der Waals surface area contributed by atoms with Crippen molar-refractivity contribution in [3.05, 3.63) is 54.1 Å². The number of hydrogen-bond acceptors (Lipinski definition) is 5. The fraction of sp³-hybridized carbons (Fsp3) is 0.286. The van der Waals surface area contributed by atoms with Crippen LogP contribution in [-0.2, 0) is 20.4 Å². The van der Waals surface area contributed by atoms with Crippen LogP contribution in [0.3, 0.4) is 0 Å². The van der Waals surface area contributed by atoms with Crippen LogP contribution < -0.4 is 10.0 Å². The number of fused-ring (bicyclic) bond motifs is 2. The smallest absolute Gasteiger partial charge is 0.263 e. The fourth-order valence-corrected chi connectivity index (χ4v) is 4.75. The molecule has 1 aliphatic heterocycles. The summed E-state index contributed by atoms with van der Waals surface area (Å²) in [4.78, 5) is 21.6. The van der Waals surface area contributed by atoms with Crippen LogP contribution in [-0.4, -0.2) is 36.3 Å². The normalized spacial score (nSPS) is 16.4. The number of sulfonamides is 1. The van der Waals surface area contributed by atoms with E-state index < -0.39 is 10.0 Å². The zero-order valence-electron chi connectivity index (χ0n) is 17.0. The van der Waals surface area contributed by atoms with E-state index in [0.29, 0.717) is 11.5 Å². The van der Waals surface area contributed by atoms with Gasteiger partial charge in [0.15, 0.2) is 0 Å². The first kappa shape index (κ1) is 20.1. The minimum atomic E-state index is -3.59. The lowest BCUT2D eigenvalue weighted by atomic mass is 10.1. The van der Waals surface area contributed by atoms with Gasteiger partial charge in [-0.3, -0.25) is 19.8 Å². The van der Waals surface area contributed by atoms with Crippen LogP contribution in [0, 0.1) is 0 Å². The maximum Gasteiger partial charge on any atom is 0.263 e. The van der Waals surface area contributed by atoms with Gasteiger partial charge in [-0.2, -0.15) is 0 Å². The monoisotopic (exact) mass is 425 g/mol. The summed E-state index contributed by atoms with van der Waals surface area (Å²) >= 11 is 0. The van der Waals surface area contributed by atoms with E-state index in [2.05, 4.69) is 20.0 Å². The molecule has 0 saturated heterocycles. The molecule has 3 aromatic rings. The molecule has 2 aromatic carbocycles. The summed E-state index contributed by atoms with van der Waals surface area (Å²) in [7, 11) is -3.59. The van der Waals surface area contributed by atoms with Gasteiger partial charge in [-0.15, -0.1) is 0 Å². The molecule has 0 unspecified atom stereocenters. The number of nitrogens with zero attached hydrogens (tertiary/aromatic N) is 3. The lowest BCUT2D eigenvalue weighted by molar-refractivity contribution is -0.116. The number of benzene rings is 2. The largest absolute Gasteiger partial charge is 0.305 e. The highest BCUT2D eigenvalue weighted by atomic mass is 32.2. The number of hydrogen-bond donors (Lipinski definition) is 2. The number of anilines is 1. The van der Waals surface area contributed by atoms with Gasteiger partial charge < -0.3 is 4.57 Å². The summed E-state index contributed by atoms with van der Waals surface area (Å²) in [6.07, 6.45) is 0.0980. The summed E-state index contributed by atoms with van der Waals surface area (Å²) in [6.45, 7) is 6.29. The molecule has 30 heavy (non-hydrogen) atoms. The molecule has 156 valence electrons. The lowest BCUT2D eigenvalue weighted by Crippen LogP contribution is -2.26. The van der Waals surface area contributed by atoms with Crippen molar-refractivity contribution in [3.63, 3.8) is 0 Å². The van der Waals surface area contributed by atoms with Gasteiger partial charge in [0.05, 0.1) is 22.5 Å². The molecule has 0 fully saturated rings. The Morgan fingerprint density at radius 3 is 2.60 bits per heavy atom. The first-order valence-electron chi connectivity index (χ1n) is 9.61. The maximum atomic E-state index is 12.5. The number of amides is 1. The van der Waals surface area contributed by atoms with E-state index in [1.165, 1.54) is 6.07 Å². The van der Waals surface area contributed by atoms with E-state index >= 15 is 0 Å². The van der Waals surface area contributed by atoms with Crippen LogP contribution in [0.4, 0.5) is 5.95 Å². The van der Waals surface area contributed by atoms with E-state index in [1.54, 1.807) is 18.2 Å². The minimum Gasteiger partial charge on any atom is -0.305 e. The Morgan fingerprint density at radius 1 is 1.13 bits per heavy atom. The van der Waals surface area contributed by atoms with Crippen LogP contribution in [0.5, 0.6) is 0 Å². The Labute approximate surface area is 175 Å². The number of rotatable bonds is 4. The molecule has 0 atom stereocenters. The van der Waals surface area contributed by atoms with E-state index in [4.69, 9.17) is 0 Å². The molecular formula is C21H23N5O3S. The number of para-hydroxylation sites is 2. The van der Waals surface area contributed by atoms with Crippen molar-refractivity contribution < 1.29 is 13.2 Å². The number of imidazole rings is 1. The summed E-state index contributed by atoms with van der Waals surface area (Å²) in [5.41, 5.74) is 2.00. The molecule has 2 N–H and O–H groups in total. The lowest BCUT2D eigenvalue weighted by Gasteiger charge is -2.24. The van der Waals surface area contributed by atoms with Crippen molar-refractivity contribution in [3.8, 4) is 0 Å². The van der Waals surface area contributed by atoms with Crippen molar-refractivity contribution in [1.82, 2.24) is 14.3 Å². The van der Waals surface area contributed by atoms with Crippen molar-refractivity contribution >= 4 is 38.7 Å². The van der Waals surface area contributed by atoms with E-state index in [0.717, 1.165) is 11.0 Å². The van der Waals surface area contributed by atoms with E-state index in [1.807, 2.05) is 49.6 Å². The average molecular weight is 426 g/mol. The van der Waals surface area contributed by atoms with Crippen LogP contribution in [0.2, 0.25) is 0 Å². The summed E-state index contributed by atoms with van der Waals surface area (Å²) < 4.78 is 28.7. The Bertz CT molecular complexity index is 1270. The Kier molecular flexibility index (Phi) is 4.85. The summed E-state index contributed by atoms with van der Waals surface area (Å²) in [5, 5.41) is 2.87. The third kappa shape index (κ3) is 3.68. The fourth-order valence-electron chi connectivity index (χ4n) is 3.50. The molecule has 2 heterocycles. The van der Waals surface area contributed by atoms with E-state index in [9.17, 15) is 13.2 Å². The summed E-state index contributed by atoms with van der Waals surface area (Å²) in [5.74, 6) is 0.503. The highest BCUT2D eigenvalue weighted by Gasteiger charge is 2.30.